The van der Waals surface area contributed by atoms with Crippen LogP contribution in [0.15, 0.2) is 0 Å². The van der Waals surface area contributed by atoms with Crippen LogP contribution in [0.1, 0.15) is 322 Å². The average molecular weight is 715 g/mol. The fourth-order valence-corrected chi connectivity index (χ4v) is 9.23. The monoisotopic (exact) mass is 715 g/mol. The Morgan fingerprint density at radius 3 is 0.588 bits per heavy atom. The maximum absolute atomic E-state index is 2.31. The molecule has 0 radical (unpaired) electrons. The molecule has 0 bridgehead atoms. The van der Waals surface area contributed by atoms with Gasteiger partial charge >= 0.3 is 0 Å². The Balaban J connectivity index is 1.59. The van der Waals surface area contributed by atoms with Crippen molar-refractivity contribution in [3.05, 3.63) is 0 Å². The van der Waals surface area contributed by atoms with Gasteiger partial charge in [0.1, 0.15) is 0 Å². The van der Waals surface area contributed by atoms with Gasteiger partial charge in [0, 0.05) is 0 Å². The van der Waals surface area contributed by atoms with Gasteiger partial charge in [-0.15, -0.1) is 0 Å². The molecule has 0 unspecified atom stereocenters. The summed E-state index contributed by atoms with van der Waals surface area (Å²) in [6, 6.07) is 0. The summed E-state index contributed by atoms with van der Waals surface area (Å²) in [5, 5.41) is 0. The molecule has 0 aliphatic heterocycles. The van der Waals surface area contributed by atoms with Crippen LogP contribution < -0.4 is 0 Å². The molecule has 0 nitrogen and oxygen atoms in total. The van der Waals surface area contributed by atoms with Gasteiger partial charge in [0.2, 0.25) is 0 Å². The molecule has 0 saturated heterocycles. The lowest BCUT2D eigenvalue weighted by atomic mass is 9.85. The summed E-state index contributed by atoms with van der Waals surface area (Å²) in [5.74, 6) is 1.10. The number of rotatable bonds is 44. The lowest BCUT2D eigenvalue weighted by Gasteiger charge is -2.21. The minimum Gasteiger partial charge on any atom is -0.0654 e. The quantitative estimate of drug-likeness (QED) is 0.0551. The molecule has 1 rings (SSSR count). The maximum Gasteiger partial charge on any atom is -0.0414 e. The van der Waals surface area contributed by atoms with Crippen LogP contribution in [0, 0.1) is 5.92 Å². The highest BCUT2D eigenvalue weighted by Crippen LogP contribution is 2.28. The molecule has 1 aliphatic rings. The van der Waals surface area contributed by atoms with Crippen molar-refractivity contribution in [3.63, 3.8) is 0 Å². The van der Waals surface area contributed by atoms with Crippen molar-refractivity contribution in [2.45, 2.75) is 322 Å². The predicted molar refractivity (Wildman–Crippen MR) is 235 cm³/mol. The Morgan fingerprint density at radius 2 is 0.392 bits per heavy atom. The van der Waals surface area contributed by atoms with Crippen molar-refractivity contribution in [2.75, 3.05) is 0 Å². The molecule has 0 aromatic carbocycles. The summed E-state index contributed by atoms with van der Waals surface area (Å²) in [6.45, 7) is 2.31. The van der Waals surface area contributed by atoms with E-state index >= 15 is 0 Å². The van der Waals surface area contributed by atoms with Gasteiger partial charge in [-0.1, -0.05) is 322 Å². The largest absolute Gasteiger partial charge is 0.0654 e. The zero-order chi connectivity index (χ0) is 36.2. The Labute approximate surface area is 326 Å². The van der Waals surface area contributed by atoms with Crippen molar-refractivity contribution >= 4 is 0 Å². The first kappa shape index (κ1) is 49.0. The second kappa shape index (κ2) is 44.4. The van der Waals surface area contributed by atoms with E-state index < -0.39 is 0 Å². The van der Waals surface area contributed by atoms with E-state index in [0.717, 1.165) is 5.92 Å². The summed E-state index contributed by atoms with van der Waals surface area (Å²) >= 11 is 0. The van der Waals surface area contributed by atoms with E-state index in [1.165, 1.54) is 295 Å². The summed E-state index contributed by atoms with van der Waals surface area (Å²) in [5.41, 5.74) is 0. The Hall–Kier alpha value is 0. The third-order valence-corrected chi connectivity index (χ3v) is 12.9. The molecule has 51 heavy (non-hydrogen) atoms. The SMILES string of the molecule is CCCCCCCCCCCCCCCCCCCCCCCCCCCCCCCCCCCCCCCCCCCCCC1CCCCC1. The number of hydrogen-bond donors (Lipinski definition) is 0. The Morgan fingerprint density at radius 1 is 0.216 bits per heavy atom. The second-order valence-electron chi connectivity index (χ2n) is 18.1. The molecule has 0 spiro atoms. The molecule has 1 saturated carbocycles. The van der Waals surface area contributed by atoms with Gasteiger partial charge < -0.3 is 0 Å². The lowest BCUT2D eigenvalue weighted by Crippen LogP contribution is -2.05. The topological polar surface area (TPSA) is 0 Å². The van der Waals surface area contributed by atoms with E-state index in [-0.39, 0.29) is 0 Å². The molecule has 0 N–H and O–H groups in total. The molecule has 0 aromatic heterocycles. The third-order valence-electron chi connectivity index (χ3n) is 12.9. The average Bonchev–Trinajstić information content (AvgIpc) is 3.15. The second-order valence-corrected chi connectivity index (χ2v) is 18.1. The molecule has 1 aliphatic carbocycles. The van der Waals surface area contributed by atoms with E-state index in [1.807, 2.05) is 0 Å². The van der Waals surface area contributed by atoms with Gasteiger partial charge in [-0.3, -0.25) is 0 Å². The molecule has 306 valence electrons. The molecule has 0 atom stereocenters. The highest BCUT2D eigenvalue weighted by Gasteiger charge is 2.12. The van der Waals surface area contributed by atoms with Crippen molar-refractivity contribution in [2.24, 2.45) is 5.92 Å². The van der Waals surface area contributed by atoms with Crippen LogP contribution in [0.2, 0.25) is 0 Å². The first-order valence-electron chi connectivity index (χ1n) is 25.4. The van der Waals surface area contributed by atoms with Crippen molar-refractivity contribution in [1.29, 1.82) is 0 Å². The van der Waals surface area contributed by atoms with Crippen molar-refractivity contribution in [1.82, 2.24) is 0 Å². The van der Waals surface area contributed by atoms with Gasteiger partial charge in [-0.05, 0) is 5.92 Å². The van der Waals surface area contributed by atoms with Gasteiger partial charge in [0.05, 0.1) is 0 Å². The standard InChI is InChI=1S/C51H102/c1-2-3-4-5-6-7-8-9-10-11-12-13-14-15-16-17-18-19-20-21-22-23-24-25-26-27-28-29-30-31-32-33-34-35-36-37-38-39-40-41-42-43-45-48-51-49-46-44-47-50-51/h51H,2-50H2,1H3. The first-order chi connectivity index (χ1) is 25.4. The molecular weight excluding hydrogens is 613 g/mol. The van der Waals surface area contributed by atoms with Crippen LogP contribution in [-0.4, -0.2) is 0 Å². The zero-order valence-corrected chi connectivity index (χ0v) is 36.2. The van der Waals surface area contributed by atoms with E-state index in [0.29, 0.717) is 0 Å². The molecule has 0 amide bonds. The zero-order valence-electron chi connectivity index (χ0n) is 36.2. The van der Waals surface area contributed by atoms with Crippen molar-refractivity contribution < 1.29 is 0 Å². The van der Waals surface area contributed by atoms with E-state index in [1.54, 1.807) is 19.3 Å². The van der Waals surface area contributed by atoms with Gasteiger partial charge in [-0.2, -0.15) is 0 Å². The highest BCUT2D eigenvalue weighted by atomic mass is 14.2. The Bertz CT molecular complexity index is 587. The first-order valence-corrected chi connectivity index (χ1v) is 25.4. The molecule has 1 fully saturated rings. The van der Waals surface area contributed by atoms with Gasteiger partial charge in [0.15, 0.2) is 0 Å². The van der Waals surface area contributed by atoms with Crippen LogP contribution in [0.25, 0.3) is 0 Å². The summed E-state index contributed by atoms with van der Waals surface area (Å²) in [4.78, 5) is 0. The lowest BCUT2D eigenvalue weighted by molar-refractivity contribution is 0.328. The third kappa shape index (κ3) is 41.0. The normalized spacial score (nSPS) is 13.8. The fourth-order valence-electron chi connectivity index (χ4n) is 9.23. The van der Waals surface area contributed by atoms with Crippen LogP contribution in [0.5, 0.6) is 0 Å². The molecule has 0 heterocycles. The summed E-state index contributed by atoms with van der Waals surface area (Å²) < 4.78 is 0. The molecule has 0 heteroatoms. The predicted octanol–water partition coefficient (Wildman–Crippen LogP) is 19.8. The van der Waals surface area contributed by atoms with E-state index in [2.05, 4.69) is 6.92 Å². The maximum atomic E-state index is 2.31. The minimum atomic E-state index is 1.10. The number of unbranched alkanes of at least 4 members (excludes halogenated alkanes) is 42. The van der Waals surface area contributed by atoms with Crippen molar-refractivity contribution in [3.8, 4) is 0 Å². The number of hydrogen-bond acceptors (Lipinski definition) is 0. The molecule has 0 aromatic rings. The van der Waals surface area contributed by atoms with Gasteiger partial charge in [0.25, 0.3) is 0 Å². The summed E-state index contributed by atoms with van der Waals surface area (Å²) in [6.07, 6.45) is 73.4. The smallest absolute Gasteiger partial charge is 0.0414 e. The minimum absolute atomic E-state index is 1.10. The highest BCUT2D eigenvalue weighted by molar-refractivity contribution is 4.65. The van der Waals surface area contributed by atoms with Gasteiger partial charge in [-0.25, -0.2) is 0 Å². The van der Waals surface area contributed by atoms with Crippen LogP contribution in [0.3, 0.4) is 0 Å². The van der Waals surface area contributed by atoms with Crippen LogP contribution >= 0.6 is 0 Å². The van der Waals surface area contributed by atoms with Crippen LogP contribution in [-0.2, 0) is 0 Å². The van der Waals surface area contributed by atoms with E-state index in [9.17, 15) is 0 Å². The Kier molecular flexibility index (Phi) is 42.7. The fraction of sp³-hybridized carbons (Fsp3) is 1.00. The van der Waals surface area contributed by atoms with E-state index in [4.69, 9.17) is 0 Å². The van der Waals surface area contributed by atoms with Crippen LogP contribution in [0.4, 0.5) is 0 Å². The summed E-state index contributed by atoms with van der Waals surface area (Å²) in [7, 11) is 0. The molecular formula is C51H102.